The number of hydrogen-bond donors (Lipinski definition) is 0. The Balaban J connectivity index is 1.86. The number of benzene rings is 1. The van der Waals surface area contributed by atoms with E-state index in [0.29, 0.717) is 0 Å². The molecule has 1 aromatic heterocycles. The molecule has 2 aromatic rings. The van der Waals surface area contributed by atoms with Crippen LogP contribution in [0.4, 0.5) is 0 Å². The van der Waals surface area contributed by atoms with Gasteiger partial charge in [0.1, 0.15) is 0 Å². The first-order chi connectivity index (χ1) is 8.83. The van der Waals surface area contributed by atoms with Gasteiger partial charge >= 0.3 is 0 Å². The highest BCUT2D eigenvalue weighted by molar-refractivity contribution is 5.81. The zero-order chi connectivity index (χ0) is 12.4. The Hall–Kier alpha value is -1.41. The Labute approximate surface area is 109 Å². The van der Waals surface area contributed by atoms with E-state index in [1.807, 2.05) is 6.20 Å². The van der Waals surface area contributed by atoms with Crippen LogP contribution in [0.1, 0.15) is 25.3 Å². The molecule has 0 amide bonds. The van der Waals surface area contributed by atoms with Crippen molar-refractivity contribution in [3.8, 4) is 0 Å². The Morgan fingerprint density at radius 3 is 3.06 bits per heavy atom. The quantitative estimate of drug-likeness (QED) is 0.799. The van der Waals surface area contributed by atoms with E-state index in [4.69, 9.17) is 0 Å². The highest BCUT2D eigenvalue weighted by Gasteiger charge is 2.16. The number of likely N-dealkylation sites (tertiary alicyclic amines) is 1. The molecule has 0 aliphatic carbocycles. The summed E-state index contributed by atoms with van der Waals surface area (Å²) in [6.07, 6.45) is 4.66. The molecule has 94 valence electrons. The van der Waals surface area contributed by atoms with Crippen LogP contribution in [-0.2, 0) is 6.54 Å². The van der Waals surface area contributed by atoms with E-state index in [0.717, 1.165) is 18.0 Å². The molecule has 1 fully saturated rings. The summed E-state index contributed by atoms with van der Waals surface area (Å²) in [4.78, 5) is 7.01. The largest absolute Gasteiger partial charge is 0.299 e. The Morgan fingerprint density at radius 2 is 2.17 bits per heavy atom. The van der Waals surface area contributed by atoms with Gasteiger partial charge in [-0.15, -0.1) is 0 Å². The summed E-state index contributed by atoms with van der Waals surface area (Å²) < 4.78 is 0. The van der Waals surface area contributed by atoms with Crippen LogP contribution >= 0.6 is 0 Å². The minimum absolute atomic E-state index is 0.840. The van der Waals surface area contributed by atoms with Crippen LogP contribution in [0.3, 0.4) is 0 Å². The van der Waals surface area contributed by atoms with Gasteiger partial charge in [-0.1, -0.05) is 25.1 Å². The van der Waals surface area contributed by atoms with Gasteiger partial charge in [-0.25, -0.2) is 0 Å². The molecule has 1 aromatic carbocycles. The summed E-state index contributed by atoms with van der Waals surface area (Å²) >= 11 is 0. The number of piperidine rings is 1. The molecule has 1 aliphatic rings. The second kappa shape index (κ2) is 5.07. The molecule has 0 N–H and O–H groups in total. The van der Waals surface area contributed by atoms with Gasteiger partial charge in [0.05, 0.1) is 5.52 Å². The second-order valence-corrected chi connectivity index (χ2v) is 5.47. The first-order valence-corrected chi connectivity index (χ1v) is 6.88. The molecular weight excluding hydrogens is 220 g/mol. The molecule has 2 heteroatoms. The van der Waals surface area contributed by atoms with E-state index in [9.17, 15) is 0 Å². The fourth-order valence-electron chi connectivity index (χ4n) is 2.96. The highest BCUT2D eigenvalue weighted by Crippen LogP contribution is 2.21. The number of aromatic nitrogens is 1. The van der Waals surface area contributed by atoms with Crippen LogP contribution in [0, 0.1) is 5.92 Å². The third-order valence-corrected chi connectivity index (χ3v) is 3.87. The molecular formula is C16H20N2. The van der Waals surface area contributed by atoms with Crippen molar-refractivity contribution < 1.29 is 0 Å². The van der Waals surface area contributed by atoms with Crippen LogP contribution in [0.25, 0.3) is 10.9 Å². The van der Waals surface area contributed by atoms with Gasteiger partial charge in [0.15, 0.2) is 0 Å². The van der Waals surface area contributed by atoms with E-state index >= 15 is 0 Å². The first-order valence-electron chi connectivity index (χ1n) is 6.88. The molecule has 0 bridgehead atoms. The molecule has 1 saturated heterocycles. The molecule has 1 atom stereocenters. The molecule has 0 spiro atoms. The second-order valence-electron chi connectivity index (χ2n) is 5.47. The van der Waals surface area contributed by atoms with Crippen molar-refractivity contribution in [3.63, 3.8) is 0 Å². The Kier molecular flexibility index (Phi) is 3.28. The van der Waals surface area contributed by atoms with Gasteiger partial charge in [-0.05, 0) is 43.0 Å². The van der Waals surface area contributed by atoms with Crippen molar-refractivity contribution in [2.75, 3.05) is 13.1 Å². The van der Waals surface area contributed by atoms with E-state index in [-0.39, 0.29) is 0 Å². The van der Waals surface area contributed by atoms with Gasteiger partial charge < -0.3 is 0 Å². The standard InChI is InChI=1S/C16H20N2/c1-13-5-4-10-18(11-13)12-14-8-9-17-16-7-3-2-6-15(14)16/h2-3,6-9,13H,4-5,10-12H2,1H3. The van der Waals surface area contributed by atoms with E-state index in [2.05, 4.69) is 47.1 Å². The van der Waals surface area contributed by atoms with E-state index in [1.165, 1.54) is 36.9 Å². The molecule has 18 heavy (non-hydrogen) atoms. The van der Waals surface area contributed by atoms with Crippen LogP contribution in [-0.4, -0.2) is 23.0 Å². The molecule has 3 rings (SSSR count). The SMILES string of the molecule is CC1CCCN(Cc2ccnc3ccccc23)C1. The van der Waals surface area contributed by atoms with Crippen LogP contribution in [0.15, 0.2) is 36.5 Å². The Bertz CT molecular complexity index is 530. The monoisotopic (exact) mass is 240 g/mol. The van der Waals surface area contributed by atoms with Crippen molar-refractivity contribution in [2.45, 2.75) is 26.3 Å². The number of para-hydroxylation sites is 1. The average molecular weight is 240 g/mol. The summed E-state index contributed by atoms with van der Waals surface area (Å²) in [7, 11) is 0. The maximum atomic E-state index is 4.43. The molecule has 1 aliphatic heterocycles. The minimum Gasteiger partial charge on any atom is -0.299 e. The zero-order valence-electron chi connectivity index (χ0n) is 11.0. The van der Waals surface area contributed by atoms with Crippen LogP contribution in [0.5, 0.6) is 0 Å². The minimum atomic E-state index is 0.840. The normalized spacial score (nSPS) is 21.3. The van der Waals surface area contributed by atoms with Crippen molar-refractivity contribution in [3.05, 3.63) is 42.1 Å². The maximum Gasteiger partial charge on any atom is 0.0705 e. The highest BCUT2D eigenvalue weighted by atomic mass is 15.1. The number of nitrogens with zero attached hydrogens (tertiary/aromatic N) is 2. The van der Waals surface area contributed by atoms with Gasteiger partial charge in [0, 0.05) is 24.7 Å². The zero-order valence-corrected chi connectivity index (χ0v) is 11.0. The summed E-state index contributed by atoms with van der Waals surface area (Å²) in [5.74, 6) is 0.840. The fraction of sp³-hybridized carbons (Fsp3) is 0.438. The van der Waals surface area contributed by atoms with Crippen molar-refractivity contribution in [2.24, 2.45) is 5.92 Å². The van der Waals surface area contributed by atoms with Crippen LogP contribution in [0.2, 0.25) is 0 Å². The first kappa shape index (κ1) is 11.7. The number of fused-ring (bicyclic) bond motifs is 1. The molecule has 2 heterocycles. The topological polar surface area (TPSA) is 16.1 Å². The number of hydrogen-bond acceptors (Lipinski definition) is 2. The molecule has 0 saturated carbocycles. The summed E-state index contributed by atoms with van der Waals surface area (Å²) in [6, 6.07) is 10.6. The third kappa shape index (κ3) is 2.39. The van der Waals surface area contributed by atoms with E-state index < -0.39 is 0 Å². The molecule has 0 radical (unpaired) electrons. The van der Waals surface area contributed by atoms with Gasteiger partial charge in [0.2, 0.25) is 0 Å². The van der Waals surface area contributed by atoms with E-state index in [1.54, 1.807) is 0 Å². The van der Waals surface area contributed by atoms with Crippen molar-refractivity contribution >= 4 is 10.9 Å². The fourth-order valence-corrected chi connectivity index (χ4v) is 2.96. The summed E-state index contributed by atoms with van der Waals surface area (Å²) in [6.45, 7) is 5.89. The predicted octanol–water partition coefficient (Wildman–Crippen LogP) is 3.47. The predicted molar refractivity (Wildman–Crippen MR) is 75.4 cm³/mol. The van der Waals surface area contributed by atoms with Crippen molar-refractivity contribution in [1.29, 1.82) is 0 Å². The molecule has 1 unspecified atom stereocenters. The molecule has 2 nitrogen and oxygen atoms in total. The summed E-state index contributed by atoms with van der Waals surface area (Å²) in [5, 5.41) is 1.30. The average Bonchev–Trinajstić information content (AvgIpc) is 2.39. The maximum absolute atomic E-state index is 4.43. The lowest BCUT2D eigenvalue weighted by molar-refractivity contribution is 0.177. The Morgan fingerprint density at radius 1 is 1.28 bits per heavy atom. The van der Waals surface area contributed by atoms with Gasteiger partial charge in [-0.2, -0.15) is 0 Å². The third-order valence-electron chi connectivity index (χ3n) is 3.87. The smallest absolute Gasteiger partial charge is 0.0705 e. The lowest BCUT2D eigenvalue weighted by Crippen LogP contribution is -2.33. The lowest BCUT2D eigenvalue weighted by Gasteiger charge is -2.31. The van der Waals surface area contributed by atoms with Gasteiger partial charge in [-0.3, -0.25) is 9.88 Å². The number of pyridine rings is 1. The van der Waals surface area contributed by atoms with Gasteiger partial charge in [0.25, 0.3) is 0 Å². The number of rotatable bonds is 2. The lowest BCUT2D eigenvalue weighted by atomic mass is 9.99. The van der Waals surface area contributed by atoms with Crippen LogP contribution < -0.4 is 0 Å². The van der Waals surface area contributed by atoms with Crippen molar-refractivity contribution in [1.82, 2.24) is 9.88 Å². The summed E-state index contributed by atoms with van der Waals surface area (Å²) in [5.41, 5.74) is 2.52.